The molecule has 0 saturated carbocycles. The van der Waals surface area contributed by atoms with Gasteiger partial charge in [0.05, 0.1) is 6.10 Å². The quantitative estimate of drug-likeness (QED) is 0.468. The summed E-state index contributed by atoms with van der Waals surface area (Å²) in [5.74, 6) is 2.18. The predicted molar refractivity (Wildman–Crippen MR) is 31.0 cm³/mol. The van der Waals surface area contributed by atoms with Gasteiger partial charge in [-0.15, -0.1) is 0 Å². The molecule has 1 radical (unpaired) electrons. The lowest BCUT2D eigenvalue weighted by Gasteiger charge is -2.12. The topological polar surface area (TPSA) is 19.9 Å². The van der Waals surface area contributed by atoms with Crippen LogP contribution in [0.5, 0.6) is 0 Å². The second-order valence-electron chi connectivity index (χ2n) is 1.81. The summed E-state index contributed by atoms with van der Waals surface area (Å²) in [6, 6.07) is 0. The molecule has 0 spiro atoms. The fourth-order valence-corrected chi connectivity index (χ4v) is 1.74. The number of hydrogen-bond acceptors (Lipinski definition) is 1. The van der Waals surface area contributed by atoms with Crippen molar-refractivity contribution in [3.05, 3.63) is 0 Å². The molecule has 1 fully saturated rings. The Labute approximate surface area is 48.1 Å². The highest BCUT2D eigenvalue weighted by atomic mass is 32.2. The Kier molecular flexibility index (Phi) is 2.00. The summed E-state index contributed by atoms with van der Waals surface area (Å²) in [6.45, 7) is 0. The normalized spacial score (nSPS) is 25.3. The zero-order valence-corrected chi connectivity index (χ0v) is 5.04. The molecule has 0 bridgehead atoms. The molecule has 2 heteroatoms. The first-order valence-corrected chi connectivity index (χ1v) is 3.78. The second kappa shape index (κ2) is 2.58. The monoisotopic (exact) mass is 117 g/mol. The van der Waals surface area contributed by atoms with Crippen molar-refractivity contribution in [3.8, 4) is 0 Å². The summed E-state index contributed by atoms with van der Waals surface area (Å²) in [4.78, 5) is 0. The smallest absolute Gasteiger partial charge is 0.0945 e. The molecule has 0 aromatic heterocycles. The van der Waals surface area contributed by atoms with E-state index in [2.05, 4.69) is 0 Å². The highest BCUT2D eigenvalue weighted by Crippen LogP contribution is 2.16. The molecule has 0 aliphatic carbocycles. The van der Waals surface area contributed by atoms with Crippen molar-refractivity contribution in [2.24, 2.45) is 0 Å². The van der Waals surface area contributed by atoms with E-state index >= 15 is 0 Å². The minimum Gasteiger partial charge on any atom is -0.233 e. The zero-order valence-electron chi connectivity index (χ0n) is 4.22. The van der Waals surface area contributed by atoms with Crippen LogP contribution in [0.2, 0.25) is 0 Å². The molecule has 0 aromatic rings. The van der Waals surface area contributed by atoms with Crippen LogP contribution in [0.15, 0.2) is 0 Å². The standard InChI is InChI=1S/C5H9OS/c6-5-1-3-7-4-2-5/h5H,1-4H2. The van der Waals surface area contributed by atoms with Gasteiger partial charge in [-0.25, -0.2) is 5.11 Å². The number of thioether (sulfide) groups is 1. The van der Waals surface area contributed by atoms with E-state index in [0.29, 0.717) is 0 Å². The van der Waals surface area contributed by atoms with Crippen LogP contribution in [0, 0.1) is 0 Å². The van der Waals surface area contributed by atoms with Crippen LogP contribution in [0.1, 0.15) is 12.8 Å². The van der Waals surface area contributed by atoms with Gasteiger partial charge in [0.2, 0.25) is 0 Å². The molecule has 1 heterocycles. The lowest BCUT2D eigenvalue weighted by molar-refractivity contribution is 0.0821. The molecule has 0 atom stereocenters. The van der Waals surface area contributed by atoms with Crippen LogP contribution >= 0.6 is 11.8 Å². The number of rotatable bonds is 0. The van der Waals surface area contributed by atoms with Gasteiger partial charge in [-0.2, -0.15) is 11.8 Å². The second-order valence-corrected chi connectivity index (χ2v) is 3.04. The molecule has 0 aromatic carbocycles. The van der Waals surface area contributed by atoms with Gasteiger partial charge < -0.3 is 0 Å². The molecule has 1 saturated heterocycles. The largest absolute Gasteiger partial charge is 0.233 e. The van der Waals surface area contributed by atoms with E-state index in [4.69, 9.17) is 0 Å². The molecule has 1 aliphatic heterocycles. The molecule has 7 heavy (non-hydrogen) atoms. The molecule has 0 unspecified atom stereocenters. The third-order valence-corrected chi connectivity index (χ3v) is 2.22. The molecule has 0 amide bonds. The van der Waals surface area contributed by atoms with Crippen molar-refractivity contribution in [3.63, 3.8) is 0 Å². The van der Waals surface area contributed by atoms with E-state index in [1.54, 1.807) is 0 Å². The van der Waals surface area contributed by atoms with Crippen molar-refractivity contribution < 1.29 is 5.11 Å². The summed E-state index contributed by atoms with van der Waals surface area (Å²) in [5, 5.41) is 10.5. The molecule has 1 nitrogen and oxygen atoms in total. The van der Waals surface area contributed by atoms with E-state index in [9.17, 15) is 5.11 Å². The lowest BCUT2D eigenvalue weighted by Crippen LogP contribution is -2.11. The maximum Gasteiger partial charge on any atom is 0.0945 e. The van der Waals surface area contributed by atoms with E-state index in [1.165, 1.54) is 0 Å². The molecular formula is C5H9OS. The van der Waals surface area contributed by atoms with Gasteiger partial charge >= 0.3 is 0 Å². The Morgan fingerprint density at radius 2 is 1.86 bits per heavy atom. The van der Waals surface area contributed by atoms with Crippen LogP contribution < -0.4 is 0 Å². The van der Waals surface area contributed by atoms with E-state index in [0.717, 1.165) is 24.3 Å². The minimum atomic E-state index is -0.235. The predicted octanol–water partition coefficient (Wildman–Crippen LogP) is 1.31. The van der Waals surface area contributed by atoms with Gasteiger partial charge in [0.25, 0.3) is 0 Å². The highest BCUT2D eigenvalue weighted by Gasteiger charge is 2.09. The minimum absolute atomic E-state index is 0.235. The molecule has 41 valence electrons. The Hall–Kier alpha value is 0.310. The zero-order chi connectivity index (χ0) is 5.11. The fraction of sp³-hybridized carbons (Fsp3) is 1.00. The Bertz CT molecular complexity index is 50.0. The average Bonchev–Trinajstić information content (AvgIpc) is 1.69. The highest BCUT2D eigenvalue weighted by molar-refractivity contribution is 7.99. The van der Waals surface area contributed by atoms with Crippen LogP contribution in [0.3, 0.4) is 0 Å². The summed E-state index contributed by atoms with van der Waals surface area (Å²) < 4.78 is 0. The SMILES string of the molecule is [O]C1CCSCC1. The molecule has 1 aliphatic rings. The van der Waals surface area contributed by atoms with E-state index < -0.39 is 0 Å². The van der Waals surface area contributed by atoms with Crippen LogP contribution in [-0.2, 0) is 5.11 Å². The summed E-state index contributed by atoms with van der Waals surface area (Å²) in [7, 11) is 0. The van der Waals surface area contributed by atoms with Crippen molar-refractivity contribution in [2.75, 3.05) is 11.5 Å². The van der Waals surface area contributed by atoms with E-state index in [1.807, 2.05) is 11.8 Å². The molecular weight excluding hydrogens is 108 g/mol. The Morgan fingerprint density at radius 1 is 1.29 bits per heavy atom. The third kappa shape index (κ3) is 1.70. The Morgan fingerprint density at radius 3 is 2.14 bits per heavy atom. The van der Waals surface area contributed by atoms with Gasteiger partial charge in [0, 0.05) is 0 Å². The van der Waals surface area contributed by atoms with E-state index in [-0.39, 0.29) is 6.10 Å². The first-order valence-electron chi connectivity index (χ1n) is 2.63. The van der Waals surface area contributed by atoms with Gasteiger partial charge in [0.15, 0.2) is 0 Å². The molecule has 1 rings (SSSR count). The van der Waals surface area contributed by atoms with Crippen molar-refractivity contribution >= 4 is 11.8 Å². The van der Waals surface area contributed by atoms with Crippen LogP contribution in [-0.4, -0.2) is 17.6 Å². The third-order valence-electron chi connectivity index (χ3n) is 1.17. The van der Waals surface area contributed by atoms with Gasteiger partial charge in [-0.05, 0) is 24.3 Å². The summed E-state index contributed by atoms with van der Waals surface area (Å²) in [6.07, 6.45) is 1.55. The molecule has 0 N–H and O–H groups in total. The van der Waals surface area contributed by atoms with Crippen molar-refractivity contribution in [2.45, 2.75) is 18.9 Å². The van der Waals surface area contributed by atoms with Crippen LogP contribution in [0.25, 0.3) is 0 Å². The first kappa shape index (κ1) is 5.45. The van der Waals surface area contributed by atoms with Crippen molar-refractivity contribution in [1.82, 2.24) is 0 Å². The number of hydrogen-bond donors (Lipinski definition) is 0. The van der Waals surface area contributed by atoms with Gasteiger partial charge in [-0.1, -0.05) is 0 Å². The Balaban J connectivity index is 2.12. The van der Waals surface area contributed by atoms with Gasteiger partial charge in [-0.3, -0.25) is 0 Å². The van der Waals surface area contributed by atoms with Gasteiger partial charge in [0.1, 0.15) is 0 Å². The van der Waals surface area contributed by atoms with Crippen molar-refractivity contribution in [1.29, 1.82) is 0 Å². The lowest BCUT2D eigenvalue weighted by atomic mass is 10.2. The first-order chi connectivity index (χ1) is 3.39. The maximum absolute atomic E-state index is 10.5. The summed E-state index contributed by atoms with van der Waals surface area (Å²) in [5.41, 5.74) is 0. The maximum atomic E-state index is 10.5. The fourth-order valence-electron chi connectivity index (χ4n) is 0.676. The average molecular weight is 117 g/mol. The summed E-state index contributed by atoms with van der Waals surface area (Å²) >= 11 is 1.90. The van der Waals surface area contributed by atoms with Crippen LogP contribution in [0.4, 0.5) is 0 Å².